The minimum atomic E-state index is 0.512. The van der Waals surface area contributed by atoms with Crippen LogP contribution in [-0.2, 0) is 0 Å². The van der Waals surface area contributed by atoms with Crippen LogP contribution in [-0.4, -0.2) is 30.1 Å². The van der Waals surface area contributed by atoms with Gasteiger partial charge in [0.15, 0.2) is 0 Å². The highest BCUT2D eigenvalue weighted by molar-refractivity contribution is 5.20. The monoisotopic (exact) mass is 219 g/mol. The standard InChI is InChI=1S/C14H21NO/c1-12-7-6-10-15(12)13(2)11-16-14-8-4-3-5-9-14/h3-5,8-9,12-13H,6-7,10-11H2,1-2H3/t12-,13?/m0/s1. The van der Waals surface area contributed by atoms with E-state index >= 15 is 0 Å². The van der Waals surface area contributed by atoms with E-state index in [4.69, 9.17) is 4.74 Å². The van der Waals surface area contributed by atoms with Gasteiger partial charge in [-0.05, 0) is 45.4 Å². The van der Waals surface area contributed by atoms with Gasteiger partial charge in [0.2, 0.25) is 0 Å². The Hall–Kier alpha value is -1.02. The highest BCUT2D eigenvalue weighted by atomic mass is 16.5. The summed E-state index contributed by atoms with van der Waals surface area (Å²) >= 11 is 0. The Morgan fingerprint density at radius 2 is 2.12 bits per heavy atom. The number of hydrogen-bond donors (Lipinski definition) is 0. The highest BCUT2D eigenvalue weighted by Crippen LogP contribution is 2.20. The first-order valence-electron chi connectivity index (χ1n) is 6.21. The smallest absolute Gasteiger partial charge is 0.119 e. The second-order valence-electron chi connectivity index (χ2n) is 4.70. The number of likely N-dealkylation sites (tertiary alicyclic amines) is 1. The van der Waals surface area contributed by atoms with E-state index in [0.29, 0.717) is 6.04 Å². The Kier molecular flexibility index (Phi) is 3.83. The molecule has 1 aromatic rings. The molecule has 1 aliphatic rings. The van der Waals surface area contributed by atoms with Crippen LogP contribution in [0.2, 0.25) is 0 Å². The summed E-state index contributed by atoms with van der Waals surface area (Å²) in [6.45, 7) is 6.58. The van der Waals surface area contributed by atoms with Gasteiger partial charge >= 0.3 is 0 Å². The molecule has 1 aromatic carbocycles. The van der Waals surface area contributed by atoms with Crippen molar-refractivity contribution in [3.63, 3.8) is 0 Å². The Balaban J connectivity index is 1.81. The average molecular weight is 219 g/mol. The van der Waals surface area contributed by atoms with Gasteiger partial charge in [-0.15, -0.1) is 0 Å². The van der Waals surface area contributed by atoms with Crippen molar-refractivity contribution in [3.05, 3.63) is 30.3 Å². The normalized spacial score (nSPS) is 23.2. The Bertz CT molecular complexity index is 312. The minimum Gasteiger partial charge on any atom is -0.492 e. The number of hydrogen-bond acceptors (Lipinski definition) is 2. The van der Waals surface area contributed by atoms with Crippen LogP contribution in [0.15, 0.2) is 30.3 Å². The zero-order valence-corrected chi connectivity index (χ0v) is 10.2. The highest BCUT2D eigenvalue weighted by Gasteiger charge is 2.24. The van der Waals surface area contributed by atoms with Gasteiger partial charge in [-0.1, -0.05) is 18.2 Å². The summed E-state index contributed by atoms with van der Waals surface area (Å²) in [6, 6.07) is 11.3. The maximum absolute atomic E-state index is 5.79. The van der Waals surface area contributed by atoms with Crippen LogP contribution < -0.4 is 4.74 Å². The van der Waals surface area contributed by atoms with Crippen molar-refractivity contribution in [1.29, 1.82) is 0 Å². The van der Waals surface area contributed by atoms with Crippen LogP contribution in [0, 0.1) is 0 Å². The predicted molar refractivity (Wildman–Crippen MR) is 66.8 cm³/mol. The van der Waals surface area contributed by atoms with E-state index in [0.717, 1.165) is 18.4 Å². The van der Waals surface area contributed by atoms with E-state index < -0.39 is 0 Å². The maximum atomic E-state index is 5.79. The molecule has 1 heterocycles. The third-order valence-corrected chi connectivity index (χ3v) is 3.40. The van der Waals surface area contributed by atoms with Crippen molar-refractivity contribution in [2.75, 3.05) is 13.2 Å². The van der Waals surface area contributed by atoms with E-state index in [1.54, 1.807) is 0 Å². The fraction of sp³-hybridized carbons (Fsp3) is 0.571. The predicted octanol–water partition coefficient (Wildman–Crippen LogP) is 2.94. The fourth-order valence-electron chi connectivity index (χ4n) is 2.44. The van der Waals surface area contributed by atoms with Gasteiger partial charge in [-0.25, -0.2) is 0 Å². The maximum Gasteiger partial charge on any atom is 0.119 e. The molecule has 0 aliphatic carbocycles. The zero-order valence-electron chi connectivity index (χ0n) is 10.2. The lowest BCUT2D eigenvalue weighted by atomic mass is 10.2. The molecule has 88 valence electrons. The molecule has 2 atom stereocenters. The van der Waals surface area contributed by atoms with E-state index in [1.807, 2.05) is 30.3 Å². The van der Waals surface area contributed by atoms with E-state index in [9.17, 15) is 0 Å². The number of nitrogens with zero attached hydrogens (tertiary/aromatic N) is 1. The first-order chi connectivity index (χ1) is 7.77. The van der Waals surface area contributed by atoms with Crippen molar-refractivity contribution in [1.82, 2.24) is 4.90 Å². The molecule has 0 saturated carbocycles. The number of para-hydroxylation sites is 1. The van der Waals surface area contributed by atoms with Gasteiger partial charge in [0, 0.05) is 12.1 Å². The number of rotatable bonds is 4. The average Bonchev–Trinajstić information content (AvgIpc) is 2.74. The summed E-state index contributed by atoms with van der Waals surface area (Å²) in [5, 5.41) is 0. The molecular formula is C14H21NO. The molecule has 0 N–H and O–H groups in total. The summed E-state index contributed by atoms with van der Waals surface area (Å²) in [4.78, 5) is 2.54. The summed E-state index contributed by atoms with van der Waals surface area (Å²) in [7, 11) is 0. The molecule has 0 amide bonds. The number of ether oxygens (including phenoxy) is 1. The Morgan fingerprint density at radius 1 is 1.38 bits per heavy atom. The van der Waals surface area contributed by atoms with Gasteiger partial charge in [0.25, 0.3) is 0 Å². The second-order valence-corrected chi connectivity index (χ2v) is 4.70. The first kappa shape index (κ1) is 11.5. The topological polar surface area (TPSA) is 12.5 Å². The molecule has 1 saturated heterocycles. The lowest BCUT2D eigenvalue weighted by Crippen LogP contribution is -2.39. The van der Waals surface area contributed by atoms with Gasteiger partial charge in [0.1, 0.15) is 12.4 Å². The third-order valence-electron chi connectivity index (χ3n) is 3.40. The van der Waals surface area contributed by atoms with E-state index in [-0.39, 0.29) is 0 Å². The van der Waals surface area contributed by atoms with Gasteiger partial charge in [-0.2, -0.15) is 0 Å². The SMILES string of the molecule is CC(COc1ccccc1)N1CCC[C@@H]1C. The molecule has 0 spiro atoms. The summed E-state index contributed by atoms with van der Waals surface area (Å²) in [5.41, 5.74) is 0. The van der Waals surface area contributed by atoms with Gasteiger partial charge < -0.3 is 4.74 Å². The van der Waals surface area contributed by atoms with Crippen LogP contribution >= 0.6 is 0 Å². The molecule has 1 unspecified atom stereocenters. The molecule has 2 heteroatoms. The first-order valence-corrected chi connectivity index (χ1v) is 6.21. The molecule has 2 rings (SSSR count). The largest absolute Gasteiger partial charge is 0.492 e. The molecular weight excluding hydrogens is 198 g/mol. The van der Waals surface area contributed by atoms with Gasteiger partial charge in [0.05, 0.1) is 0 Å². The molecule has 0 radical (unpaired) electrons. The van der Waals surface area contributed by atoms with Crippen molar-refractivity contribution in [2.45, 2.75) is 38.8 Å². The van der Waals surface area contributed by atoms with E-state index in [2.05, 4.69) is 18.7 Å². The van der Waals surface area contributed by atoms with Crippen LogP contribution in [0.3, 0.4) is 0 Å². The van der Waals surface area contributed by atoms with Crippen LogP contribution in [0.25, 0.3) is 0 Å². The number of benzene rings is 1. The van der Waals surface area contributed by atoms with E-state index in [1.165, 1.54) is 19.4 Å². The van der Waals surface area contributed by atoms with Crippen LogP contribution in [0.5, 0.6) is 5.75 Å². The summed E-state index contributed by atoms with van der Waals surface area (Å²) in [5.74, 6) is 0.973. The van der Waals surface area contributed by atoms with Crippen molar-refractivity contribution in [2.24, 2.45) is 0 Å². The van der Waals surface area contributed by atoms with Crippen molar-refractivity contribution >= 4 is 0 Å². The molecule has 2 nitrogen and oxygen atoms in total. The molecule has 16 heavy (non-hydrogen) atoms. The Morgan fingerprint density at radius 3 is 2.75 bits per heavy atom. The molecule has 1 fully saturated rings. The molecule has 0 aromatic heterocycles. The van der Waals surface area contributed by atoms with Gasteiger partial charge in [-0.3, -0.25) is 4.90 Å². The van der Waals surface area contributed by atoms with Crippen LogP contribution in [0.1, 0.15) is 26.7 Å². The summed E-state index contributed by atoms with van der Waals surface area (Å²) in [6.07, 6.45) is 2.66. The second kappa shape index (κ2) is 5.35. The molecule has 0 bridgehead atoms. The third kappa shape index (κ3) is 2.76. The molecule has 1 aliphatic heterocycles. The quantitative estimate of drug-likeness (QED) is 0.772. The zero-order chi connectivity index (χ0) is 11.4. The van der Waals surface area contributed by atoms with Crippen molar-refractivity contribution < 1.29 is 4.74 Å². The van der Waals surface area contributed by atoms with Crippen LogP contribution in [0.4, 0.5) is 0 Å². The fourth-order valence-corrected chi connectivity index (χ4v) is 2.44. The minimum absolute atomic E-state index is 0.512. The Labute approximate surface area is 98.2 Å². The lowest BCUT2D eigenvalue weighted by molar-refractivity contribution is 0.141. The van der Waals surface area contributed by atoms with Crippen molar-refractivity contribution in [3.8, 4) is 5.75 Å². The summed E-state index contributed by atoms with van der Waals surface area (Å²) < 4.78 is 5.79. The lowest BCUT2D eigenvalue weighted by Gasteiger charge is -2.28.